The number of nitrogens with one attached hydrogen (secondary N) is 1. The maximum absolute atomic E-state index is 9.38. The summed E-state index contributed by atoms with van der Waals surface area (Å²) < 4.78 is 1.09. The van der Waals surface area contributed by atoms with Crippen LogP contribution in [0.2, 0.25) is 0 Å². The lowest BCUT2D eigenvalue weighted by Gasteiger charge is -2.28. The highest BCUT2D eigenvalue weighted by Crippen LogP contribution is 2.15. The molecule has 0 radical (unpaired) electrons. The Morgan fingerprint density at radius 1 is 1.44 bits per heavy atom. The third-order valence-electron chi connectivity index (χ3n) is 2.76. The normalized spacial score (nSPS) is 14.8. The minimum atomic E-state index is -0.170. The molecule has 1 rings (SSSR count). The molecule has 1 aromatic carbocycles. The van der Waals surface area contributed by atoms with E-state index in [2.05, 4.69) is 47.2 Å². The van der Waals surface area contributed by atoms with Crippen LogP contribution in [0.15, 0.2) is 28.7 Å². The molecule has 0 aliphatic heterocycles. The van der Waals surface area contributed by atoms with E-state index < -0.39 is 0 Å². The zero-order valence-electron chi connectivity index (χ0n) is 9.96. The molecule has 0 bridgehead atoms. The van der Waals surface area contributed by atoms with Crippen LogP contribution in [0.3, 0.4) is 0 Å². The number of aliphatic hydroxyl groups excluding tert-OH is 1. The van der Waals surface area contributed by atoms with Crippen LogP contribution >= 0.6 is 15.9 Å². The Hall–Kier alpha value is -0.380. The molecule has 1 aromatic rings. The van der Waals surface area contributed by atoms with E-state index >= 15 is 0 Å². The fourth-order valence-electron chi connectivity index (χ4n) is 1.74. The summed E-state index contributed by atoms with van der Waals surface area (Å²) in [5.41, 5.74) is 1.06. The molecule has 16 heavy (non-hydrogen) atoms. The highest BCUT2D eigenvalue weighted by molar-refractivity contribution is 9.10. The van der Waals surface area contributed by atoms with Gasteiger partial charge < -0.3 is 10.4 Å². The molecule has 0 fully saturated rings. The summed E-state index contributed by atoms with van der Waals surface area (Å²) in [6.07, 6.45) is 2.06. The maximum atomic E-state index is 9.38. The Kier molecular flexibility index (Phi) is 5.46. The predicted octanol–water partition coefficient (Wildman–Crippen LogP) is 3.09. The number of hydrogen-bond acceptors (Lipinski definition) is 2. The van der Waals surface area contributed by atoms with E-state index in [4.69, 9.17) is 0 Å². The quantitative estimate of drug-likeness (QED) is 0.842. The lowest BCUT2D eigenvalue weighted by molar-refractivity contribution is 0.163. The van der Waals surface area contributed by atoms with Crippen molar-refractivity contribution >= 4 is 15.9 Å². The van der Waals surface area contributed by atoms with Crippen molar-refractivity contribution < 1.29 is 5.11 Å². The van der Waals surface area contributed by atoms with Crippen LogP contribution in [0, 0.1) is 0 Å². The number of benzene rings is 1. The smallest absolute Gasteiger partial charge is 0.0610 e. The highest BCUT2D eigenvalue weighted by atomic mass is 79.9. The van der Waals surface area contributed by atoms with Crippen molar-refractivity contribution in [2.75, 3.05) is 6.61 Å². The molecule has 1 unspecified atom stereocenters. The van der Waals surface area contributed by atoms with Gasteiger partial charge in [-0.15, -0.1) is 0 Å². The van der Waals surface area contributed by atoms with Crippen LogP contribution in [0.5, 0.6) is 0 Å². The molecule has 2 nitrogen and oxygen atoms in total. The first-order valence-corrected chi connectivity index (χ1v) is 6.49. The molecule has 0 saturated heterocycles. The summed E-state index contributed by atoms with van der Waals surface area (Å²) in [7, 11) is 0. The van der Waals surface area contributed by atoms with Gasteiger partial charge in [-0.3, -0.25) is 0 Å². The van der Waals surface area contributed by atoms with E-state index in [9.17, 15) is 5.11 Å². The minimum Gasteiger partial charge on any atom is -0.394 e. The molecule has 0 aliphatic rings. The van der Waals surface area contributed by atoms with Gasteiger partial charge in [0.25, 0.3) is 0 Å². The second kappa shape index (κ2) is 6.38. The van der Waals surface area contributed by atoms with Crippen molar-refractivity contribution in [1.82, 2.24) is 5.32 Å². The lowest BCUT2D eigenvalue weighted by atomic mass is 9.97. The van der Waals surface area contributed by atoms with Gasteiger partial charge in [-0.2, -0.15) is 0 Å². The van der Waals surface area contributed by atoms with Gasteiger partial charge in [-0.25, -0.2) is 0 Å². The van der Waals surface area contributed by atoms with Crippen molar-refractivity contribution in [2.24, 2.45) is 0 Å². The van der Waals surface area contributed by atoms with Gasteiger partial charge in [0.15, 0.2) is 0 Å². The minimum absolute atomic E-state index is 0.170. The highest BCUT2D eigenvalue weighted by Gasteiger charge is 2.20. The third kappa shape index (κ3) is 4.24. The summed E-state index contributed by atoms with van der Waals surface area (Å²) in [6, 6.07) is 8.22. The molecule has 0 aromatic heterocycles. The van der Waals surface area contributed by atoms with Gasteiger partial charge in [0.2, 0.25) is 0 Å². The molecule has 0 saturated carbocycles. The Morgan fingerprint density at radius 2 is 2.19 bits per heavy atom. The van der Waals surface area contributed by atoms with Crippen LogP contribution in [0.4, 0.5) is 0 Å². The first kappa shape index (κ1) is 13.7. The third-order valence-corrected chi connectivity index (χ3v) is 3.25. The monoisotopic (exact) mass is 285 g/mol. The molecule has 3 heteroatoms. The van der Waals surface area contributed by atoms with E-state index in [0.29, 0.717) is 0 Å². The van der Waals surface area contributed by atoms with Crippen molar-refractivity contribution in [3.63, 3.8) is 0 Å². The summed E-state index contributed by atoms with van der Waals surface area (Å²) in [5, 5.41) is 12.8. The van der Waals surface area contributed by atoms with E-state index in [0.717, 1.165) is 23.9 Å². The molecule has 1 atom stereocenters. The van der Waals surface area contributed by atoms with E-state index in [1.54, 1.807) is 0 Å². The molecule has 2 N–H and O–H groups in total. The second-order valence-corrected chi connectivity index (χ2v) is 5.37. The number of halogens is 1. The van der Waals surface area contributed by atoms with Gasteiger partial charge in [-0.05, 0) is 31.0 Å². The van der Waals surface area contributed by atoms with E-state index in [1.807, 2.05) is 12.1 Å². The zero-order valence-corrected chi connectivity index (χ0v) is 11.5. The Labute approximate surface area is 106 Å². The second-order valence-electron chi connectivity index (χ2n) is 4.45. The van der Waals surface area contributed by atoms with Gasteiger partial charge in [-0.1, -0.05) is 41.4 Å². The average molecular weight is 286 g/mol. The fourth-order valence-corrected chi connectivity index (χ4v) is 2.18. The molecule has 0 amide bonds. The maximum Gasteiger partial charge on any atom is 0.0610 e. The summed E-state index contributed by atoms with van der Waals surface area (Å²) in [5.74, 6) is 0. The summed E-state index contributed by atoms with van der Waals surface area (Å²) in [4.78, 5) is 0. The van der Waals surface area contributed by atoms with Crippen molar-refractivity contribution in [1.29, 1.82) is 0 Å². The van der Waals surface area contributed by atoms with E-state index in [1.165, 1.54) is 5.56 Å². The van der Waals surface area contributed by atoms with Gasteiger partial charge >= 0.3 is 0 Å². The van der Waals surface area contributed by atoms with Crippen LogP contribution in [0.1, 0.15) is 32.3 Å². The lowest BCUT2D eigenvalue weighted by Crippen LogP contribution is -2.45. The van der Waals surface area contributed by atoms with Crippen LogP contribution < -0.4 is 5.32 Å². The zero-order chi connectivity index (χ0) is 12.0. The molecule has 0 heterocycles. The topological polar surface area (TPSA) is 32.3 Å². The van der Waals surface area contributed by atoms with Crippen LogP contribution in [0.25, 0.3) is 0 Å². The first-order chi connectivity index (χ1) is 7.59. The fraction of sp³-hybridized carbons (Fsp3) is 0.538. The Balaban J connectivity index is 2.55. The summed E-state index contributed by atoms with van der Waals surface area (Å²) in [6.45, 7) is 5.16. The van der Waals surface area contributed by atoms with Gasteiger partial charge in [0, 0.05) is 16.6 Å². The average Bonchev–Trinajstić information content (AvgIpc) is 2.27. The largest absolute Gasteiger partial charge is 0.394 e. The summed E-state index contributed by atoms with van der Waals surface area (Å²) >= 11 is 3.45. The number of aliphatic hydroxyl groups is 1. The number of hydrogen-bond donors (Lipinski definition) is 2. The SMILES string of the molecule is CCCC(C)(CO)NCc1cccc(Br)c1. The van der Waals surface area contributed by atoms with Gasteiger partial charge in [0.1, 0.15) is 0 Å². The standard InChI is InChI=1S/C13H20BrNO/c1-3-7-13(2,10-16)15-9-11-5-4-6-12(14)8-11/h4-6,8,15-16H,3,7,9-10H2,1-2H3. The predicted molar refractivity (Wildman–Crippen MR) is 71.4 cm³/mol. The van der Waals surface area contributed by atoms with Crippen molar-refractivity contribution in [3.8, 4) is 0 Å². The molecule has 0 aliphatic carbocycles. The molecular weight excluding hydrogens is 266 g/mol. The molecule has 0 spiro atoms. The molecule has 90 valence electrons. The van der Waals surface area contributed by atoms with Crippen LogP contribution in [-0.4, -0.2) is 17.3 Å². The van der Waals surface area contributed by atoms with E-state index in [-0.39, 0.29) is 12.1 Å². The Morgan fingerprint density at radius 3 is 2.75 bits per heavy atom. The number of rotatable bonds is 6. The van der Waals surface area contributed by atoms with Gasteiger partial charge in [0.05, 0.1) is 6.61 Å². The van der Waals surface area contributed by atoms with Crippen LogP contribution in [-0.2, 0) is 6.54 Å². The Bertz CT molecular complexity index is 329. The molecular formula is C13H20BrNO. The van der Waals surface area contributed by atoms with Crippen molar-refractivity contribution in [2.45, 2.75) is 38.8 Å². The van der Waals surface area contributed by atoms with Crippen molar-refractivity contribution in [3.05, 3.63) is 34.3 Å². The first-order valence-electron chi connectivity index (χ1n) is 5.70.